The predicted octanol–water partition coefficient (Wildman–Crippen LogP) is 3.13. The van der Waals surface area contributed by atoms with Gasteiger partial charge in [0.1, 0.15) is 0 Å². The fraction of sp³-hybridized carbons (Fsp3) is 0.684. The normalized spacial score (nSPS) is 29.5. The largest absolute Gasteiger partial charge is 0.369 e. The lowest BCUT2D eigenvalue weighted by atomic mass is 9.96. The summed E-state index contributed by atoms with van der Waals surface area (Å²) in [6.45, 7) is 10.6. The van der Waals surface area contributed by atoms with E-state index in [1.54, 1.807) is 11.1 Å². The van der Waals surface area contributed by atoms with Gasteiger partial charge in [-0.1, -0.05) is 13.0 Å². The predicted molar refractivity (Wildman–Crippen MR) is 92.7 cm³/mol. The van der Waals surface area contributed by atoms with E-state index in [0.29, 0.717) is 6.04 Å². The molecular weight excluding hydrogens is 270 g/mol. The molecule has 0 radical (unpaired) electrons. The molecule has 0 amide bonds. The molecule has 3 aliphatic rings. The van der Waals surface area contributed by atoms with Crippen LogP contribution in [-0.2, 0) is 0 Å². The van der Waals surface area contributed by atoms with Gasteiger partial charge in [0.2, 0.25) is 0 Å². The van der Waals surface area contributed by atoms with Gasteiger partial charge in [-0.3, -0.25) is 4.90 Å². The summed E-state index contributed by atoms with van der Waals surface area (Å²) in [5.41, 5.74) is 4.65. The van der Waals surface area contributed by atoms with E-state index in [0.717, 1.165) is 12.0 Å². The van der Waals surface area contributed by atoms with Gasteiger partial charge >= 0.3 is 0 Å². The highest BCUT2D eigenvalue weighted by molar-refractivity contribution is 5.55. The molecule has 3 unspecified atom stereocenters. The summed E-state index contributed by atoms with van der Waals surface area (Å²) in [4.78, 5) is 5.22. The first-order valence-corrected chi connectivity index (χ1v) is 9.12. The molecule has 4 rings (SSSR count). The van der Waals surface area contributed by atoms with Gasteiger partial charge in [0.05, 0.1) is 0 Å². The van der Waals surface area contributed by atoms with Crippen LogP contribution in [0.1, 0.15) is 56.2 Å². The van der Waals surface area contributed by atoms with Crippen LogP contribution in [0.4, 0.5) is 5.69 Å². The van der Waals surface area contributed by atoms with Gasteiger partial charge in [-0.15, -0.1) is 0 Å². The third kappa shape index (κ3) is 2.44. The Morgan fingerprint density at radius 2 is 2.00 bits per heavy atom. The Morgan fingerprint density at radius 1 is 1.18 bits per heavy atom. The highest BCUT2D eigenvalue weighted by Crippen LogP contribution is 2.45. The van der Waals surface area contributed by atoms with E-state index < -0.39 is 0 Å². The summed E-state index contributed by atoms with van der Waals surface area (Å²) in [7, 11) is 0. The summed E-state index contributed by atoms with van der Waals surface area (Å²) in [6.07, 6.45) is 3.89. The molecule has 0 saturated carbocycles. The number of hydrogen-bond acceptors (Lipinski definition) is 3. The number of fused-ring (bicyclic) bond motifs is 5. The number of nitrogens with one attached hydrogen (secondary N) is 1. The lowest BCUT2D eigenvalue weighted by Crippen LogP contribution is -2.49. The lowest BCUT2D eigenvalue weighted by molar-refractivity contribution is 0.193. The second-order valence-electron chi connectivity index (χ2n) is 7.32. The van der Waals surface area contributed by atoms with Gasteiger partial charge in [-0.25, -0.2) is 0 Å². The molecule has 3 heteroatoms. The summed E-state index contributed by atoms with van der Waals surface area (Å²) < 4.78 is 0. The highest BCUT2D eigenvalue weighted by atomic mass is 15.3. The van der Waals surface area contributed by atoms with Gasteiger partial charge in [-0.05, 0) is 61.9 Å². The van der Waals surface area contributed by atoms with Crippen molar-refractivity contribution in [3.05, 3.63) is 29.3 Å². The number of piperidine rings is 1. The summed E-state index contributed by atoms with van der Waals surface area (Å²) in [6, 6.07) is 8.62. The zero-order valence-corrected chi connectivity index (χ0v) is 14.0. The van der Waals surface area contributed by atoms with Crippen LogP contribution in [0.25, 0.3) is 0 Å². The van der Waals surface area contributed by atoms with Crippen LogP contribution in [0.2, 0.25) is 0 Å². The second kappa shape index (κ2) is 5.86. The van der Waals surface area contributed by atoms with Crippen molar-refractivity contribution < 1.29 is 0 Å². The maximum Gasteiger partial charge on any atom is 0.0370 e. The van der Waals surface area contributed by atoms with E-state index in [9.17, 15) is 0 Å². The molecule has 1 aromatic rings. The number of anilines is 1. The molecule has 3 atom stereocenters. The number of hydrogen-bond donors (Lipinski definition) is 1. The molecule has 1 aromatic carbocycles. The molecule has 1 N–H and O–H groups in total. The molecule has 2 heterocycles. The van der Waals surface area contributed by atoms with E-state index >= 15 is 0 Å². The molecule has 3 nitrogen and oxygen atoms in total. The molecule has 0 spiro atoms. The van der Waals surface area contributed by atoms with Crippen LogP contribution in [0.3, 0.4) is 0 Å². The van der Waals surface area contributed by atoms with Crippen molar-refractivity contribution in [3.63, 3.8) is 0 Å². The first-order chi connectivity index (χ1) is 10.8. The minimum Gasteiger partial charge on any atom is -0.369 e. The van der Waals surface area contributed by atoms with Crippen molar-refractivity contribution in [1.29, 1.82) is 0 Å². The van der Waals surface area contributed by atoms with E-state index in [1.807, 2.05) is 0 Å². The number of benzene rings is 1. The van der Waals surface area contributed by atoms with Crippen molar-refractivity contribution in [2.45, 2.75) is 51.1 Å². The third-order valence-electron chi connectivity index (χ3n) is 6.18. The quantitative estimate of drug-likeness (QED) is 0.925. The summed E-state index contributed by atoms with van der Waals surface area (Å²) >= 11 is 0. The Balaban J connectivity index is 1.49. The molecule has 1 aliphatic carbocycles. The Kier molecular flexibility index (Phi) is 3.87. The van der Waals surface area contributed by atoms with Crippen molar-refractivity contribution in [1.82, 2.24) is 10.2 Å². The topological polar surface area (TPSA) is 18.5 Å². The second-order valence-corrected chi connectivity index (χ2v) is 7.32. The number of rotatable bonds is 3. The molecule has 120 valence electrons. The van der Waals surface area contributed by atoms with Crippen molar-refractivity contribution in [2.75, 3.05) is 37.6 Å². The van der Waals surface area contributed by atoms with E-state index in [1.165, 1.54) is 57.7 Å². The van der Waals surface area contributed by atoms with E-state index in [-0.39, 0.29) is 0 Å². The van der Waals surface area contributed by atoms with Gasteiger partial charge in [0.15, 0.2) is 0 Å². The molecule has 22 heavy (non-hydrogen) atoms. The Morgan fingerprint density at radius 3 is 2.77 bits per heavy atom. The first-order valence-electron chi connectivity index (χ1n) is 9.12. The van der Waals surface area contributed by atoms with Crippen LogP contribution >= 0.6 is 0 Å². The zero-order chi connectivity index (χ0) is 15.1. The van der Waals surface area contributed by atoms with Crippen LogP contribution in [-0.4, -0.2) is 43.7 Å². The van der Waals surface area contributed by atoms with Crippen LogP contribution < -0.4 is 10.2 Å². The molecule has 2 saturated heterocycles. The zero-order valence-electron chi connectivity index (χ0n) is 14.0. The molecule has 2 aliphatic heterocycles. The maximum absolute atomic E-state index is 3.70. The Labute approximate surface area is 134 Å². The SMILES string of the molecule is CCC(C)N1CCN(c2ccc3c(c2)C2CC3CCN2)CC1. The van der Waals surface area contributed by atoms with Gasteiger partial charge in [-0.2, -0.15) is 0 Å². The molecule has 0 aromatic heterocycles. The molecule has 2 fully saturated rings. The first kappa shape index (κ1) is 14.5. The Hall–Kier alpha value is -1.06. The van der Waals surface area contributed by atoms with Crippen LogP contribution in [0.5, 0.6) is 0 Å². The smallest absolute Gasteiger partial charge is 0.0370 e. The summed E-state index contributed by atoms with van der Waals surface area (Å²) in [5, 5.41) is 3.70. The number of piperazine rings is 1. The standard InChI is InChI=1S/C19H29N3/c1-3-14(2)21-8-10-22(11-9-21)16-4-5-17-15-6-7-20-19(12-15)18(17)13-16/h4-5,13-15,19-20H,3,6-12H2,1-2H3. The van der Waals surface area contributed by atoms with Crippen LogP contribution in [0.15, 0.2) is 18.2 Å². The van der Waals surface area contributed by atoms with Gasteiger partial charge in [0, 0.05) is 44.0 Å². The maximum atomic E-state index is 3.70. The number of nitrogens with zero attached hydrogens (tertiary/aromatic N) is 2. The fourth-order valence-corrected chi connectivity index (χ4v) is 4.55. The van der Waals surface area contributed by atoms with Crippen molar-refractivity contribution in [3.8, 4) is 0 Å². The molecule has 2 bridgehead atoms. The van der Waals surface area contributed by atoms with Crippen molar-refractivity contribution in [2.24, 2.45) is 0 Å². The van der Waals surface area contributed by atoms with E-state index in [4.69, 9.17) is 0 Å². The monoisotopic (exact) mass is 299 g/mol. The van der Waals surface area contributed by atoms with Crippen LogP contribution in [0, 0.1) is 0 Å². The minimum atomic E-state index is 0.620. The average Bonchev–Trinajstić information content (AvgIpc) is 2.84. The fourth-order valence-electron chi connectivity index (χ4n) is 4.55. The van der Waals surface area contributed by atoms with Gasteiger partial charge < -0.3 is 10.2 Å². The van der Waals surface area contributed by atoms with E-state index in [2.05, 4.69) is 47.2 Å². The minimum absolute atomic E-state index is 0.620. The summed E-state index contributed by atoms with van der Waals surface area (Å²) in [5.74, 6) is 0.817. The third-order valence-corrected chi connectivity index (χ3v) is 6.18. The Bertz CT molecular complexity index is 533. The lowest BCUT2D eigenvalue weighted by Gasteiger charge is -2.39. The average molecular weight is 299 g/mol. The molecular formula is C19H29N3. The van der Waals surface area contributed by atoms with Crippen molar-refractivity contribution >= 4 is 5.69 Å². The van der Waals surface area contributed by atoms with Gasteiger partial charge in [0.25, 0.3) is 0 Å². The highest BCUT2D eigenvalue weighted by Gasteiger charge is 2.34.